The number of alkyl carbamates (subject to hydrolysis) is 1. The zero-order valence-electron chi connectivity index (χ0n) is 11.4. The van der Waals surface area contributed by atoms with Crippen molar-refractivity contribution in [3.63, 3.8) is 0 Å². The van der Waals surface area contributed by atoms with Gasteiger partial charge >= 0.3 is 12.1 Å². The molecule has 1 aromatic rings. The van der Waals surface area contributed by atoms with Crippen molar-refractivity contribution in [2.24, 2.45) is 0 Å². The molecular weight excluding hydrogens is 252 g/mol. The highest BCUT2D eigenvalue weighted by molar-refractivity contribution is 5.86. The Morgan fingerprint density at radius 2 is 2.05 bits per heavy atom. The Hall–Kier alpha value is -2.05. The molecule has 0 atom stereocenters. The van der Waals surface area contributed by atoms with E-state index < -0.39 is 17.7 Å². The summed E-state index contributed by atoms with van der Waals surface area (Å²) in [5, 5.41) is 11.3. The number of aryl methyl sites for hydroxylation is 1. The number of ether oxygens (including phenoxy) is 1. The Bertz CT molecular complexity index is 473. The predicted molar refractivity (Wildman–Crippen MR) is 66.1 cm³/mol. The van der Waals surface area contributed by atoms with Crippen molar-refractivity contribution in [3.05, 3.63) is 17.3 Å². The molecule has 0 spiro atoms. The minimum absolute atomic E-state index is 0.104. The van der Waals surface area contributed by atoms with Crippen LogP contribution in [-0.2, 0) is 11.2 Å². The van der Waals surface area contributed by atoms with Crippen LogP contribution in [0.4, 0.5) is 4.79 Å². The Morgan fingerprint density at radius 1 is 1.42 bits per heavy atom. The molecule has 106 valence electrons. The van der Waals surface area contributed by atoms with E-state index in [1.807, 2.05) is 0 Å². The van der Waals surface area contributed by atoms with E-state index in [9.17, 15) is 9.59 Å². The van der Waals surface area contributed by atoms with Gasteiger partial charge in [-0.3, -0.25) is 0 Å². The zero-order valence-corrected chi connectivity index (χ0v) is 11.4. The van der Waals surface area contributed by atoms with Gasteiger partial charge in [0.15, 0.2) is 11.6 Å². The largest absolute Gasteiger partial charge is 0.476 e. The number of rotatable bonds is 4. The third-order valence-corrected chi connectivity index (χ3v) is 2.05. The molecule has 0 aliphatic rings. The number of aromatic nitrogens is 1. The monoisotopic (exact) mass is 270 g/mol. The lowest BCUT2D eigenvalue weighted by atomic mass is 10.2. The van der Waals surface area contributed by atoms with Crippen molar-refractivity contribution in [2.75, 3.05) is 6.54 Å². The number of carboxylic acids is 1. The maximum absolute atomic E-state index is 11.4. The number of aromatic carboxylic acids is 1. The van der Waals surface area contributed by atoms with E-state index in [0.29, 0.717) is 6.42 Å². The van der Waals surface area contributed by atoms with Gasteiger partial charge in [0.1, 0.15) is 11.4 Å². The number of hydrogen-bond donors (Lipinski definition) is 2. The Kier molecular flexibility index (Phi) is 4.52. The molecule has 19 heavy (non-hydrogen) atoms. The lowest BCUT2D eigenvalue weighted by molar-refractivity contribution is 0.0527. The molecule has 0 fully saturated rings. The fourth-order valence-electron chi connectivity index (χ4n) is 1.34. The number of carbonyl (C=O) groups is 2. The summed E-state index contributed by atoms with van der Waals surface area (Å²) in [6.45, 7) is 7.09. The maximum Gasteiger partial charge on any atom is 0.407 e. The molecule has 7 nitrogen and oxygen atoms in total. The van der Waals surface area contributed by atoms with Gasteiger partial charge in [0.25, 0.3) is 0 Å². The summed E-state index contributed by atoms with van der Waals surface area (Å²) >= 11 is 0. The van der Waals surface area contributed by atoms with Gasteiger partial charge in [-0.15, -0.1) is 0 Å². The third-order valence-electron chi connectivity index (χ3n) is 2.05. The standard InChI is InChI=1S/C12H18N2O5/c1-7-9(10(15)16)14-8(18-7)5-6-13-11(17)19-12(2,3)4/h5-6H2,1-4H3,(H,13,17)(H,15,16). The fraction of sp³-hybridized carbons (Fsp3) is 0.583. The molecule has 7 heteroatoms. The second-order valence-electron chi connectivity index (χ2n) is 5.00. The summed E-state index contributed by atoms with van der Waals surface area (Å²) in [5.41, 5.74) is -0.660. The van der Waals surface area contributed by atoms with Gasteiger partial charge in [-0.2, -0.15) is 0 Å². The van der Waals surface area contributed by atoms with Crippen molar-refractivity contribution in [3.8, 4) is 0 Å². The smallest absolute Gasteiger partial charge is 0.407 e. The van der Waals surface area contributed by atoms with Gasteiger partial charge in [-0.25, -0.2) is 14.6 Å². The molecule has 1 rings (SSSR count). The first-order valence-electron chi connectivity index (χ1n) is 5.85. The molecule has 1 aromatic heterocycles. The highest BCUT2D eigenvalue weighted by Crippen LogP contribution is 2.10. The van der Waals surface area contributed by atoms with Crippen LogP contribution in [0.15, 0.2) is 4.42 Å². The minimum atomic E-state index is -1.13. The summed E-state index contributed by atoms with van der Waals surface area (Å²) in [6.07, 6.45) is -0.234. The number of amides is 1. The van der Waals surface area contributed by atoms with Crippen LogP contribution in [0.3, 0.4) is 0 Å². The van der Waals surface area contributed by atoms with Gasteiger partial charge < -0.3 is 19.6 Å². The lowest BCUT2D eigenvalue weighted by Gasteiger charge is -2.19. The van der Waals surface area contributed by atoms with E-state index >= 15 is 0 Å². The SMILES string of the molecule is Cc1oc(CCNC(=O)OC(C)(C)C)nc1C(=O)O. The Balaban J connectivity index is 2.44. The quantitative estimate of drug-likeness (QED) is 0.864. The average Bonchev–Trinajstić information content (AvgIpc) is 2.57. The van der Waals surface area contributed by atoms with Crippen LogP contribution >= 0.6 is 0 Å². The van der Waals surface area contributed by atoms with Gasteiger partial charge in [-0.1, -0.05) is 0 Å². The van der Waals surface area contributed by atoms with Crippen LogP contribution in [0.1, 0.15) is 42.9 Å². The molecule has 0 aromatic carbocycles. The minimum Gasteiger partial charge on any atom is -0.476 e. The number of oxazole rings is 1. The Labute approximate surface area is 111 Å². The first-order valence-corrected chi connectivity index (χ1v) is 5.85. The summed E-state index contributed by atoms with van der Waals surface area (Å²) < 4.78 is 10.2. The second-order valence-corrected chi connectivity index (χ2v) is 5.00. The number of hydrogen-bond acceptors (Lipinski definition) is 5. The predicted octanol–water partition coefficient (Wildman–Crippen LogP) is 1.75. The Morgan fingerprint density at radius 3 is 2.53 bits per heavy atom. The van der Waals surface area contributed by atoms with E-state index in [1.165, 1.54) is 6.92 Å². The number of carbonyl (C=O) groups excluding carboxylic acids is 1. The van der Waals surface area contributed by atoms with Crippen LogP contribution in [0.2, 0.25) is 0 Å². The number of nitrogens with zero attached hydrogens (tertiary/aromatic N) is 1. The normalized spacial score (nSPS) is 11.2. The van der Waals surface area contributed by atoms with Crippen LogP contribution in [0, 0.1) is 6.92 Å². The molecule has 2 N–H and O–H groups in total. The first kappa shape index (κ1) is 15.0. The van der Waals surface area contributed by atoms with Gasteiger partial charge in [-0.05, 0) is 27.7 Å². The lowest BCUT2D eigenvalue weighted by Crippen LogP contribution is -2.33. The maximum atomic E-state index is 11.4. The van der Waals surface area contributed by atoms with E-state index in [2.05, 4.69) is 10.3 Å². The third kappa shape index (κ3) is 4.99. The molecule has 0 saturated heterocycles. The molecular formula is C12H18N2O5. The van der Waals surface area contributed by atoms with Crippen LogP contribution in [0.5, 0.6) is 0 Å². The van der Waals surface area contributed by atoms with E-state index in [0.717, 1.165) is 0 Å². The summed E-state index contributed by atoms with van der Waals surface area (Å²) in [4.78, 5) is 25.9. The second kappa shape index (κ2) is 5.73. The van der Waals surface area contributed by atoms with Crippen molar-refractivity contribution in [2.45, 2.75) is 39.7 Å². The fourth-order valence-corrected chi connectivity index (χ4v) is 1.34. The average molecular weight is 270 g/mol. The van der Waals surface area contributed by atoms with E-state index in [1.54, 1.807) is 20.8 Å². The van der Waals surface area contributed by atoms with Crippen molar-refractivity contribution in [1.29, 1.82) is 0 Å². The zero-order chi connectivity index (χ0) is 14.6. The molecule has 0 radical (unpaired) electrons. The highest BCUT2D eigenvalue weighted by Gasteiger charge is 2.17. The topological polar surface area (TPSA) is 102 Å². The molecule has 0 aliphatic heterocycles. The van der Waals surface area contributed by atoms with Crippen molar-refractivity contribution < 1.29 is 23.8 Å². The molecule has 0 aliphatic carbocycles. The molecule has 1 heterocycles. The summed E-state index contributed by atoms with van der Waals surface area (Å²) in [5.74, 6) is -0.613. The van der Waals surface area contributed by atoms with E-state index in [-0.39, 0.29) is 23.9 Å². The van der Waals surface area contributed by atoms with Crippen LogP contribution in [-0.4, -0.2) is 34.3 Å². The number of nitrogens with one attached hydrogen (secondary N) is 1. The van der Waals surface area contributed by atoms with Gasteiger partial charge in [0.05, 0.1) is 0 Å². The van der Waals surface area contributed by atoms with Crippen LogP contribution < -0.4 is 5.32 Å². The summed E-state index contributed by atoms with van der Waals surface area (Å²) in [7, 11) is 0. The van der Waals surface area contributed by atoms with Gasteiger partial charge in [0.2, 0.25) is 0 Å². The highest BCUT2D eigenvalue weighted by atomic mass is 16.6. The van der Waals surface area contributed by atoms with Crippen molar-refractivity contribution in [1.82, 2.24) is 10.3 Å². The molecule has 1 amide bonds. The molecule has 0 bridgehead atoms. The van der Waals surface area contributed by atoms with E-state index in [4.69, 9.17) is 14.3 Å². The molecule has 0 saturated carbocycles. The van der Waals surface area contributed by atoms with Crippen LogP contribution in [0.25, 0.3) is 0 Å². The van der Waals surface area contributed by atoms with Crippen molar-refractivity contribution >= 4 is 12.1 Å². The summed E-state index contributed by atoms with van der Waals surface area (Å²) in [6, 6.07) is 0. The number of carboxylic acid groups (broad SMARTS) is 1. The first-order chi connectivity index (χ1) is 8.69. The van der Waals surface area contributed by atoms with Gasteiger partial charge in [0, 0.05) is 13.0 Å². The molecule has 0 unspecified atom stereocenters.